The summed E-state index contributed by atoms with van der Waals surface area (Å²) in [6.07, 6.45) is 2.68. The van der Waals surface area contributed by atoms with Crippen molar-refractivity contribution in [3.05, 3.63) is 107 Å². The summed E-state index contributed by atoms with van der Waals surface area (Å²) in [5.74, 6) is -0.778. The van der Waals surface area contributed by atoms with Gasteiger partial charge in [0.1, 0.15) is 17.2 Å². The molecule has 3 aromatic carbocycles. The molecule has 1 aliphatic rings. The number of piperidine rings is 1. The van der Waals surface area contributed by atoms with Crippen LogP contribution >= 0.6 is 0 Å². The van der Waals surface area contributed by atoms with E-state index in [0.717, 1.165) is 44.5 Å². The fourth-order valence-electron chi connectivity index (χ4n) is 4.97. The molecule has 1 unspecified atom stereocenters. The molecule has 0 amide bonds. The van der Waals surface area contributed by atoms with Gasteiger partial charge in [0.15, 0.2) is 0 Å². The van der Waals surface area contributed by atoms with Gasteiger partial charge in [0.25, 0.3) is 0 Å². The Morgan fingerprint density at radius 3 is 1.85 bits per heavy atom. The lowest BCUT2D eigenvalue weighted by molar-refractivity contribution is -0.0147. The predicted molar refractivity (Wildman–Crippen MR) is 126 cm³/mol. The second-order valence-corrected chi connectivity index (χ2v) is 8.96. The second-order valence-electron chi connectivity index (χ2n) is 8.96. The summed E-state index contributed by atoms with van der Waals surface area (Å²) in [5, 5.41) is 22.3. The van der Waals surface area contributed by atoms with Crippen LogP contribution in [0.5, 0.6) is 0 Å². The molecule has 3 nitrogen and oxygen atoms in total. The van der Waals surface area contributed by atoms with Crippen LogP contribution in [0.2, 0.25) is 0 Å². The summed E-state index contributed by atoms with van der Waals surface area (Å²) in [5.41, 5.74) is 0.886. The maximum absolute atomic E-state index is 13.6. The molecule has 0 spiro atoms. The van der Waals surface area contributed by atoms with E-state index in [-0.39, 0.29) is 17.6 Å². The van der Waals surface area contributed by atoms with Crippen molar-refractivity contribution < 1.29 is 19.0 Å². The lowest BCUT2D eigenvalue weighted by Crippen LogP contribution is -2.44. The van der Waals surface area contributed by atoms with Crippen LogP contribution in [-0.2, 0) is 5.60 Å². The molecule has 1 atom stereocenters. The molecule has 3 aromatic rings. The number of hydrogen-bond donors (Lipinski definition) is 2. The van der Waals surface area contributed by atoms with E-state index in [1.54, 1.807) is 24.3 Å². The Morgan fingerprint density at radius 2 is 1.33 bits per heavy atom. The van der Waals surface area contributed by atoms with Gasteiger partial charge in [-0.15, -0.1) is 0 Å². The monoisotopic (exact) mass is 451 g/mol. The highest BCUT2D eigenvalue weighted by Crippen LogP contribution is 2.42. The second kappa shape index (κ2) is 10.6. The molecule has 1 saturated heterocycles. The van der Waals surface area contributed by atoms with Crippen molar-refractivity contribution in [2.75, 3.05) is 19.6 Å². The summed E-state index contributed by atoms with van der Waals surface area (Å²) in [7, 11) is 0. The first-order valence-corrected chi connectivity index (χ1v) is 11.7. The van der Waals surface area contributed by atoms with E-state index in [4.69, 9.17) is 0 Å². The Labute approximate surface area is 194 Å². The molecule has 174 valence electrons. The van der Waals surface area contributed by atoms with E-state index in [1.165, 1.54) is 24.3 Å². The van der Waals surface area contributed by atoms with Gasteiger partial charge in [0, 0.05) is 0 Å². The van der Waals surface area contributed by atoms with Crippen LogP contribution < -0.4 is 0 Å². The fourth-order valence-corrected chi connectivity index (χ4v) is 4.97. The van der Waals surface area contributed by atoms with Crippen LogP contribution in [0.15, 0.2) is 78.9 Å². The first-order chi connectivity index (χ1) is 16.0. The van der Waals surface area contributed by atoms with Gasteiger partial charge in [-0.3, -0.25) is 0 Å². The van der Waals surface area contributed by atoms with E-state index in [0.29, 0.717) is 17.5 Å². The number of nitrogens with zero attached hydrogens (tertiary/aromatic N) is 1. The molecule has 0 saturated carbocycles. The molecule has 0 aliphatic carbocycles. The predicted octanol–water partition coefficient (Wildman–Crippen LogP) is 5.43. The minimum absolute atomic E-state index is 0.0698. The molecule has 2 N–H and O–H groups in total. The van der Waals surface area contributed by atoms with Crippen molar-refractivity contribution in [3.8, 4) is 0 Å². The highest BCUT2D eigenvalue weighted by Gasteiger charge is 2.41. The molecule has 0 aromatic heterocycles. The topological polar surface area (TPSA) is 43.7 Å². The van der Waals surface area contributed by atoms with Crippen molar-refractivity contribution in [2.24, 2.45) is 5.92 Å². The normalized spacial score (nSPS) is 16.6. The number of benzene rings is 3. The van der Waals surface area contributed by atoms with E-state index in [1.807, 2.05) is 30.3 Å². The Hall–Kier alpha value is -2.60. The quantitative estimate of drug-likeness (QED) is 0.480. The first kappa shape index (κ1) is 23.6. The number of hydrogen-bond acceptors (Lipinski definition) is 3. The van der Waals surface area contributed by atoms with Crippen molar-refractivity contribution in [1.82, 2.24) is 4.90 Å². The van der Waals surface area contributed by atoms with E-state index in [9.17, 15) is 19.0 Å². The Kier molecular flexibility index (Phi) is 7.53. The number of halogens is 2. The smallest absolute Gasteiger partial charge is 0.123 e. The molecular weight excluding hydrogens is 420 g/mol. The van der Waals surface area contributed by atoms with Crippen LogP contribution in [0.3, 0.4) is 0 Å². The van der Waals surface area contributed by atoms with Gasteiger partial charge >= 0.3 is 0 Å². The van der Waals surface area contributed by atoms with Crippen LogP contribution in [-0.4, -0.2) is 34.7 Å². The Morgan fingerprint density at radius 1 is 0.818 bits per heavy atom. The first-order valence-electron chi connectivity index (χ1n) is 11.7. The zero-order valence-electron chi connectivity index (χ0n) is 18.7. The molecule has 33 heavy (non-hydrogen) atoms. The Bertz CT molecular complexity index is 955. The third-order valence-corrected chi connectivity index (χ3v) is 6.88. The summed E-state index contributed by atoms with van der Waals surface area (Å²) in [6, 6.07) is 21.6. The lowest BCUT2D eigenvalue weighted by Gasteiger charge is -2.42. The molecule has 1 aliphatic heterocycles. The van der Waals surface area contributed by atoms with Crippen molar-refractivity contribution in [3.63, 3.8) is 0 Å². The van der Waals surface area contributed by atoms with Gasteiger partial charge < -0.3 is 15.1 Å². The maximum Gasteiger partial charge on any atom is 0.123 e. The molecule has 1 fully saturated rings. The average molecular weight is 452 g/mol. The maximum atomic E-state index is 13.6. The van der Waals surface area contributed by atoms with Crippen LogP contribution in [0.1, 0.15) is 48.5 Å². The van der Waals surface area contributed by atoms with Gasteiger partial charge in [0.05, 0.1) is 6.10 Å². The SMILES string of the molecule is OC(CCCN1CCC(C(O)(c2ccc(F)cc2)c2ccc(F)cc2)CC1)c1ccccc1. The van der Waals surface area contributed by atoms with Gasteiger partial charge in [-0.2, -0.15) is 0 Å². The van der Waals surface area contributed by atoms with Crippen molar-refractivity contribution >= 4 is 0 Å². The third-order valence-electron chi connectivity index (χ3n) is 6.88. The lowest BCUT2D eigenvalue weighted by atomic mass is 9.72. The zero-order chi connectivity index (χ0) is 23.3. The van der Waals surface area contributed by atoms with Crippen molar-refractivity contribution in [2.45, 2.75) is 37.4 Å². The third kappa shape index (κ3) is 5.49. The number of likely N-dealkylation sites (tertiary alicyclic amines) is 1. The largest absolute Gasteiger partial charge is 0.388 e. The van der Waals surface area contributed by atoms with Gasteiger partial charge in [-0.1, -0.05) is 54.6 Å². The number of aliphatic hydroxyl groups excluding tert-OH is 1. The molecule has 0 bridgehead atoms. The highest BCUT2D eigenvalue weighted by molar-refractivity contribution is 5.37. The summed E-state index contributed by atoms with van der Waals surface area (Å²) < 4.78 is 27.1. The van der Waals surface area contributed by atoms with Gasteiger partial charge in [-0.05, 0) is 92.2 Å². The zero-order valence-corrected chi connectivity index (χ0v) is 18.7. The molecular formula is C28H31F2NO2. The van der Waals surface area contributed by atoms with Crippen molar-refractivity contribution in [1.29, 1.82) is 0 Å². The van der Waals surface area contributed by atoms with E-state index in [2.05, 4.69) is 4.90 Å². The van der Waals surface area contributed by atoms with Crippen LogP contribution in [0.25, 0.3) is 0 Å². The van der Waals surface area contributed by atoms with Gasteiger partial charge in [-0.25, -0.2) is 8.78 Å². The summed E-state index contributed by atoms with van der Waals surface area (Å²) in [6.45, 7) is 2.55. The average Bonchev–Trinajstić information content (AvgIpc) is 2.85. The standard InChI is InChI=1S/C28H31F2NO2/c29-25-12-8-22(9-13-25)28(33,23-10-14-26(30)15-11-23)24-16-19-31(20-17-24)18-4-7-27(32)21-5-2-1-3-6-21/h1-3,5-6,8-15,24,27,32-33H,4,7,16-20H2. The Balaban J connectivity index is 1.40. The molecule has 1 heterocycles. The molecule has 4 rings (SSSR count). The van der Waals surface area contributed by atoms with E-state index < -0.39 is 11.7 Å². The molecule has 5 heteroatoms. The molecule has 0 radical (unpaired) electrons. The summed E-state index contributed by atoms with van der Waals surface area (Å²) in [4.78, 5) is 2.37. The van der Waals surface area contributed by atoms with Gasteiger partial charge in [0.2, 0.25) is 0 Å². The highest BCUT2D eigenvalue weighted by atomic mass is 19.1. The summed E-state index contributed by atoms with van der Waals surface area (Å²) >= 11 is 0. The van der Waals surface area contributed by atoms with Crippen LogP contribution in [0.4, 0.5) is 8.78 Å². The number of aliphatic hydroxyl groups is 2. The van der Waals surface area contributed by atoms with Crippen LogP contribution in [0, 0.1) is 17.6 Å². The minimum Gasteiger partial charge on any atom is -0.388 e. The number of rotatable bonds is 8. The van der Waals surface area contributed by atoms with E-state index >= 15 is 0 Å². The minimum atomic E-state index is -1.31. The fraction of sp³-hybridized carbons (Fsp3) is 0.357.